The number of carbonyl (C=O) groups is 2. The van der Waals surface area contributed by atoms with Gasteiger partial charge in [-0.15, -0.1) is 0 Å². The van der Waals surface area contributed by atoms with E-state index in [4.69, 9.17) is 14.2 Å². The third-order valence-electron chi connectivity index (χ3n) is 5.46. The van der Waals surface area contributed by atoms with E-state index in [-0.39, 0.29) is 11.9 Å². The molecule has 6 heteroatoms. The summed E-state index contributed by atoms with van der Waals surface area (Å²) in [5.41, 5.74) is 1.29. The zero-order chi connectivity index (χ0) is 19.4. The minimum Gasteiger partial charge on any atom is -0.493 e. The highest BCUT2D eigenvalue weighted by atomic mass is 16.6. The predicted octanol–water partition coefficient (Wildman–Crippen LogP) is 2.94. The number of methoxy groups -OCH3 is 2. The van der Waals surface area contributed by atoms with Crippen molar-refractivity contribution >= 4 is 11.9 Å². The van der Waals surface area contributed by atoms with Gasteiger partial charge in [0.2, 0.25) is 0 Å². The summed E-state index contributed by atoms with van der Waals surface area (Å²) in [6.45, 7) is 2.16. The van der Waals surface area contributed by atoms with E-state index in [0.29, 0.717) is 35.6 Å². The minimum absolute atomic E-state index is 0.194. The molecule has 0 atom stereocenters. The number of amides is 1. The highest BCUT2D eigenvalue weighted by molar-refractivity contribution is 6.07. The molecular weight excluding hydrogens is 346 g/mol. The molecule has 1 aliphatic carbocycles. The molecule has 1 saturated carbocycles. The van der Waals surface area contributed by atoms with Gasteiger partial charge < -0.3 is 19.5 Å². The van der Waals surface area contributed by atoms with Gasteiger partial charge in [-0.2, -0.15) is 0 Å². The number of hydrogen-bond acceptors (Lipinski definition) is 5. The highest BCUT2D eigenvalue weighted by Crippen LogP contribution is 2.43. The van der Waals surface area contributed by atoms with Crippen LogP contribution >= 0.6 is 0 Å². The molecule has 2 aliphatic rings. The standard InChI is InChI=1S/C21H27NO5/c1-14-18(21(27-20(14)24)10-5-4-6-11-21)19(23)22-12-9-15-7-8-16(25-2)17(13-15)26-3/h7-8,13H,4-6,9-12H2,1-3H3,(H,22,23). The summed E-state index contributed by atoms with van der Waals surface area (Å²) in [5.74, 6) is 0.783. The van der Waals surface area contributed by atoms with Crippen LogP contribution in [0.15, 0.2) is 29.3 Å². The first-order valence-electron chi connectivity index (χ1n) is 9.44. The van der Waals surface area contributed by atoms with E-state index in [0.717, 1.165) is 37.7 Å². The first-order chi connectivity index (χ1) is 13.0. The average Bonchev–Trinajstić information content (AvgIpc) is 2.91. The number of ether oxygens (including phenoxy) is 3. The topological polar surface area (TPSA) is 73.9 Å². The van der Waals surface area contributed by atoms with Gasteiger partial charge in [-0.05, 0) is 56.7 Å². The fourth-order valence-corrected chi connectivity index (χ4v) is 4.05. The Bertz CT molecular complexity index is 762. The molecule has 1 N–H and O–H groups in total. The second-order valence-corrected chi connectivity index (χ2v) is 7.14. The van der Waals surface area contributed by atoms with Gasteiger partial charge in [-0.25, -0.2) is 4.79 Å². The summed E-state index contributed by atoms with van der Waals surface area (Å²) in [5, 5.41) is 2.96. The van der Waals surface area contributed by atoms with E-state index in [1.54, 1.807) is 21.1 Å². The Morgan fingerprint density at radius 2 is 1.85 bits per heavy atom. The molecular formula is C21H27NO5. The summed E-state index contributed by atoms with van der Waals surface area (Å²) in [7, 11) is 3.19. The molecule has 146 valence electrons. The second-order valence-electron chi connectivity index (χ2n) is 7.14. The maximum absolute atomic E-state index is 12.8. The monoisotopic (exact) mass is 373 g/mol. The van der Waals surface area contributed by atoms with Crippen molar-refractivity contribution in [1.29, 1.82) is 0 Å². The maximum Gasteiger partial charge on any atom is 0.335 e. The van der Waals surface area contributed by atoms with Crippen molar-refractivity contribution in [2.45, 2.75) is 51.0 Å². The van der Waals surface area contributed by atoms with Crippen LogP contribution in [0.1, 0.15) is 44.6 Å². The summed E-state index contributed by atoms with van der Waals surface area (Å²) < 4.78 is 16.2. The van der Waals surface area contributed by atoms with Crippen molar-refractivity contribution in [3.63, 3.8) is 0 Å². The summed E-state index contributed by atoms with van der Waals surface area (Å²) in [6, 6.07) is 5.70. The third kappa shape index (κ3) is 3.80. The lowest BCUT2D eigenvalue weighted by molar-refractivity contribution is -0.149. The summed E-state index contributed by atoms with van der Waals surface area (Å²) in [6.07, 6.45) is 5.18. The molecule has 1 amide bonds. The molecule has 0 saturated heterocycles. The Labute approximate surface area is 159 Å². The molecule has 1 heterocycles. The summed E-state index contributed by atoms with van der Waals surface area (Å²) in [4.78, 5) is 24.9. The first kappa shape index (κ1) is 19.3. The fourth-order valence-electron chi connectivity index (χ4n) is 4.05. The van der Waals surface area contributed by atoms with Gasteiger partial charge in [0.25, 0.3) is 5.91 Å². The van der Waals surface area contributed by atoms with Crippen LogP contribution in [0.5, 0.6) is 11.5 Å². The molecule has 27 heavy (non-hydrogen) atoms. The van der Waals surface area contributed by atoms with Crippen LogP contribution in [0, 0.1) is 0 Å². The van der Waals surface area contributed by atoms with Crippen molar-refractivity contribution in [2.75, 3.05) is 20.8 Å². The lowest BCUT2D eigenvalue weighted by Gasteiger charge is -2.34. The van der Waals surface area contributed by atoms with Crippen LogP contribution in [0.4, 0.5) is 0 Å². The molecule has 0 unspecified atom stereocenters. The van der Waals surface area contributed by atoms with Crippen molar-refractivity contribution in [2.24, 2.45) is 0 Å². The molecule has 0 aromatic heterocycles. The SMILES string of the molecule is COc1ccc(CCNC(=O)C2=C(C)C(=O)OC23CCCCC3)cc1OC. The summed E-state index contributed by atoms with van der Waals surface area (Å²) >= 11 is 0. The smallest absolute Gasteiger partial charge is 0.335 e. The third-order valence-corrected chi connectivity index (χ3v) is 5.46. The first-order valence-corrected chi connectivity index (χ1v) is 9.44. The number of hydrogen-bond donors (Lipinski definition) is 1. The Kier molecular flexibility index (Phi) is 5.73. The average molecular weight is 373 g/mol. The Morgan fingerprint density at radius 3 is 2.52 bits per heavy atom. The molecule has 0 radical (unpaired) electrons. The highest BCUT2D eigenvalue weighted by Gasteiger charge is 2.49. The second kappa shape index (κ2) is 8.03. The van der Waals surface area contributed by atoms with E-state index in [1.165, 1.54) is 0 Å². The van der Waals surface area contributed by atoms with Gasteiger partial charge in [0.1, 0.15) is 5.60 Å². The zero-order valence-corrected chi connectivity index (χ0v) is 16.2. The Balaban J connectivity index is 1.66. The normalized spacial score (nSPS) is 18.4. The predicted molar refractivity (Wildman–Crippen MR) is 101 cm³/mol. The van der Waals surface area contributed by atoms with Gasteiger partial charge >= 0.3 is 5.97 Å². The zero-order valence-electron chi connectivity index (χ0n) is 16.2. The fraction of sp³-hybridized carbons (Fsp3) is 0.524. The number of benzene rings is 1. The van der Waals surface area contributed by atoms with Gasteiger partial charge in [0, 0.05) is 12.1 Å². The van der Waals surface area contributed by atoms with Gasteiger partial charge in [-0.3, -0.25) is 4.79 Å². The van der Waals surface area contributed by atoms with E-state index in [9.17, 15) is 9.59 Å². The largest absolute Gasteiger partial charge is 0.493 e. The van der Waals surface area contributed by atoms with Crippen molar-refractivity contribution < 1.29 is 23.8 Å². The van der Waals surface area contributed by atoms with E-state index in [2.05, 4.69) is 5.32 Å². The van der Waals surface area contributed by atoms with Crippen molar-refractivity contribution in [3.05, 3.63) is 34.9 Å². The van der Waals surface area contributed by atoms with Crippen molar-refractivity contribution in [3.8, 4) is 11.5 Å². The van der Waals surface area contributed by atoms with E-state index in [1.807, 2.05) is 18.2 Å². The van der Waals surface area contributed by atoms with Crippen LogP contribution in [-0.4, -0.2) is 38.2 Å². The molecule has 1 aromatic carbocycles. The quantitative estimate of drug-likeness (QED) is 0.776. The van der Waals surface area contributed by atoms with E-state index < -0.39 is 5.60 Å². The minimum atomic E-state index is -0.715. The number of esters is 1. The lowest BCUT2D eigenvalue weighted by Crippen LogP contribution is -2.41. The molecule has 6 nitrogen and oxygen atoms in total. The molecule has 0 bridgehead atoms. The number of carbonyl (C=O) groups excluding carboxylic acids is 2. The molecule has 1 aromatic rings. The van der Waals surface area contributed by atoms with Crippen LogP contribution in [0.3, 0.4) is 0 Å². The van der Waals surface area contributed by atoms with Gasteiger partial charge in [0.15, 0.2) is 11.5 Å². The Hall–Kier alpha value is -2.50. The molecule has 1 spiro atoms. The number of rotatable bonds is 6. The number of nitrogens with one attached hydrogen (secondary N) is 1. The van der Waals surface area contributed by atoms with E-state index >= 15 is 0 Å². The molecule has 1 aliphatic heterocycles. The van der Waals surface area contributed by atoms with Crippen LogP contribution in [-0.2, 0) is 20.7 Å². The van der Waals surface area contributed by atoms with Crippen LogP contribution in [0.25, 0.3) is 0 Å². The Morgan fingerprint density at radius 1 is 1.15 bits per heavy atom. The maximum atomic E-state index is 12.8. The lowest BCUT2D eigenvalue weighted by atomic mass is 9.78. The molecule has 3 rings (SSSR count). The van der Waals surface area contributed by atoms with Crippen LogP contribution < -0.4 is 14.8 Å². The van der Waals surface area contributed by atoms with Crippen LogP contribution in [0.2, 0.25) is 0 Å². The molecule has 1 fully saturated rings. The van der Waals surface area contributed by atoms with Gasteiger partial charge in [0.05, 0.1) is 19.8 Å². The van der Waals surface area contributed by atoms with Gasteiger partial charge in [-0.1, -0.05) is 12.5 Å². The van der Waals surface area contributed by atoms with Crippen molar-refractivity contribution in [1.82, 2.24) is 5.32 Å².